The van der Waals surface area contributed by atoms with Crippen molar-refractivity contribution in [3.8, 4) is 0 Å². The Hall–Kier alpha value is -3.87. The van der Waals surface area contributed by atoms with Crippen LogP contribution in [0.1, 0.15) is 57.7 Å². The number of rotatable bonds is 6. The number of hydrogen-bond acceptors (Lipinski definition) is 4. The monoisotopic (exact) mass is 459 g/mol. The third-order valence-corrected chi connectivity index (χ3v) is 6.01. The smallest absolute Gasteiger partial charge is 0.256 e. The summed E-state index contributed by atoms with van der Waals surface area (Å²) in [4.78, 5) is 23.8. The van der Waals surface area contributed by atoms with Crippen LogP contribution in [0.3, 0.4) is 0 Å². The van der Waals surface area contributed by atoms with Crippen LogP contribution in [0.5, 0.6) is 0 Å². The van der Waals surface area contributed by atoms with Crippen LogP contribution < -0.4 is 0 Å². The van der Waals surface area contributed by atoms with E-state index in [4.69, 9.17) is 4.42 Å². The molecule has 7 heteroatoms. The second-order valence-corrected chi connectivity index (χ2v) is 8.47. The summed E-state index contributed by atoms with van der Waals surface area (Å²) < 4.78 is 32.5. The summed E-state index contributed by atoms with van der Waals surface area (Å²) in [6.45, 7) is 0.614. The van der Waals surface area contributed by atoms with Crippen LogP contribution >= 0.6 is 0 Å². The molecule has 172 valence electrons. The molecule has 1 aliphatic heterocycles. The highest BCUT2D eigenvalue weighted by atomic mass is 19.1. The van der Waals surface area contributed by atoms with Crippen molar-refractivity contribution >= 4 is 5.91 Å². The lowest BCUT2D eigenvalue weighted by molar-refractivity contribution is 0.0714. The molecule has 1 atom stereocenters. The van der Waals surface area contributed by atoms with Gasteiger partial charge in [-0.1, -0.05) is 24.3 Å². The fourth-order valence-corrected chi connectivity index (χ4v) is 4.31. The van der Waals surface area contributed by atoms with Gasteiger partial charge in [-0.3, -0.25) is 9.78 Å². The Kier molecular flexibility index (Phi) is 6.16. The maximum atomic E-state index is 13.5. The molecule has 0 unspecified atom stereocenters. The standard InChI is InChI=1S/C27H23F2N3O2/c28-21-9-6-18(7-10-21)14-23-11-8-20(16-30-23)27(33)32-12-2-5-25(32)26-31-17-24(34-26)15-19-3-1-4-22(29)13-19/h1,3-4,6-11,13,16-17,25H,2,5,12,14-15H2/t25-/m1/s1. The van der Waals surface area contributed by atoms with Gasteiger partial charge in [0.1, 0.15) is 23.4 Å². The Morgan fingerprint density at radius 3 is 2.56 bits per heavy atom. The Balaban J connectivity index is 1.26. The van der Waals surface area contributed by atoms with Gasteiger partial charge in [-0.2, -0.15) is 0 Å². The molecule has 1 fully saturated rings. The molecule has 3 heterocycles. The Morgan fingerprint density at radius 2 is 1.79 bits per heavy atom. The molecule has 4 aromatic rings. The number of carbonyl (C=O) groups is 1. The molecule has 0 radical (unpaired) electrons. The van der Waals surface area contributed by atoms with E-state index in [2.05, 4.69) is 9.97 Å². The van der Waals surface area contributed by atoms with Gasteiger partial charge in [-0.25, -0.2) is 13.8 Å². The molecule has 0 saturated carbocycles. The number of oxazole rings is 1. The Morgan fingerprint density at radius 1 is 0.941 bits per heavy atom. The lowest BCUT2D eigenvalue weighted by Crippen LogP contribution is -2.30. The van der Waals surface area contributed by atoms with Crippen molar-refractivity contribution in [2.45, 2.75) is 31.7 Å². The van der Waals surface area contributed by atoms with Crippen LogP contribution in [-0.2, 0) is 12.8 Å². The molecule has 5 rings (SSSR count). The lowest BCUT2D eigenvalue weighted by Gasteiger charge is -2.22. The van der Waals surface area contributed by atoms with E-state index in [0.29, 0.717) is 36.6 Å². The van der Waals surface area contributed by atoms with Crippen molar-refractivity contribution in [2.75, 3.05) is 6.54 Å². The number of amides is 1. The van der Waals surface area contributed by atoms with Gasteiger partial charge >= 0.3 is 0 Å². The fourth-order valence-electron chi connectivity index (χ4n) is 4.31. The van der Waals surface area contributed by atoms with Crippen molar-refractivity contribution < 1.29 is 18.0 Å². The highest BCUT2D eigenvalue weighted by molar-refractivity contribution is 5.94. The quantitative estimate of drug-likeness (QED) is 0.382. The summed E-state index contributed by atoms with van der Waals surface area (Å²) >= 11 is 0. The SMILES string of the molecule is O=C(c1ccc(Cc2ccc(F)cc2)nc1)N1CCC[C@@H]1c1ncc(Cc2cccc(F)c2)o1. The molecular formula is C27H23F2N3O2. The highest BCUT2D eigenvalue weighted by Crippen LogP contribution is 2.33. The molecular weight excluding hydrogens is 436 g/mol. The van der Waals surface area contributed by atoms with Gasteiger partial charge in [-0.05, 0) is 60.4 Å². The van der Waals surface area contributed by atoms with Crippen LogP contribution in [0.2, 0.25) is 0 Å². The maximum absolute atomic E-state index is 13.5. The summed E-state index contributed by atoms with van der Waals surface area (Å²) in [6.07, 6.45) is 5.85. The van der Waals surface area contributed by atoms with Crippen LogP contribution in [-0.4, -0.2) is 27.3 Å². The van der Waals surface area contributed by atoms with Gasteiger partial charge < -0.3 is 9.32 Å². The highest BCUT2D eigenvalue weighted by Gasteiger charge is 2.34. The number of carbonyl (C=O) groups excluding carboxylic acids is 1. The molecule has 0 N–H and O–H groups in total. The Labute approximate surface area is 196 Å². The molecule has 0 bridgehead atoms. The van der Waals surface area contributed by atoms with Gasteiger partial charge in [0.05, 0.1) is 11.8 Å². The van der Waals surface area contributed by atoms with Gasteiger partial charge in [0.2, 0.25) is 5.89 Å². The minimum Gasteiger partial charge on any atom is -0.443 e. The number of halogens is 2. The molecule has 2 aromatic heterocycles. The third kappa shape index (κ3) is 4.88. The van der Waals surface area contributed by atoms with E-state index in [1.165, 1.54) is 24.3 Å². The summed E-state index contributed by atoms with van der Waals surface area (Å²) in [5, 5.41) is 0. The maximum Gasteiger partial charge on any atom is 0.256 e. The first-order valence-corrected chi connectivity index (χ1v) is 11.2. The molecule has 34 heavy (non-hydrogen) atoms. The summed E-state index contributed by atoms with van der Waals surface area (Å²) in [6, 6.07) is 16.0. The fraction of sp³-hybridized carbons (Fsp3) is 0.222. The molecule has 1 aliphatic rings. The zero-order valence-electron chi connectivity index (χ0n) is 18.5. The second-order valence-electron chi connectivity index (χ2n) is 8.47. The molecule has 2 aromatic carbocycles. The first kappa shape index (κ1) is 21.9. The van der Waals surface area contributed by atoms with E-state index in [0.717, 1.165) is 29.7 Å². The van der Waals surface area contributed by atoms with Crippen LogP contribution in [0.15, 0.2) is 77.5 Å². The van der Waals surface area contributed by atoms with Crippen molar-refractivity contribution in [1.82, 2.24) is 14.9 Å². The van der Waals surface area contributed by atoms with E-state index in [1.54, 1.807) is 41.6 Å². The number of likely N-dealkylation sites (tertiary alicyclic amines) is 1. The average molecular weight is 459 g/mol. The first-order chi connectivity index (χ1) is 16.5. The summed E-state index contributed by atoms with van der Waals surface area (Å²) in [7, 11) is 0. The van der Waals surface area contributed by atoms with Crippen molar-refractivity contribution in [1.29, 1.82) is 0 Å². The minimum absolute atomic E-state index is 0.117. The minimum atomic E-state index is -0.290. The van der Waals surface area contributed by atoms with Crippen molar-refractivity contribution in [3.63, 3.8) is 0 Å². The topological polar surface area (TPSA) is 59.2 Å². The largest absolute Gasteiger partial charge is 0.443 e. The van der Waals surface area contributed by atoms with Crippen molar-refractivity contribution in [3.05, 3.63) is 119 Å². The van der Waals surface area contributed by atoms with Crippen molar-refractivity contribution in [2.24, 2.45) is 0 Å². The predicted molar refractivity (Wildman–Crippen MR) is 122 cm³/mol. The molecule has 5 nitrogen and oxygen atoms in total. The van der Waals surface area contributed by atoms with Gasteiger partial charge in [0.25, 0.3) is 5.91 Å². The van der Waals surface area contributed by atoms with E-state index in [9.17, 15) is 13.6 Å². The van der Waals surface area contributed by atoms with E-state index in [-0.39, 0.29) is 23.6 Å². The van der Waals surface area contributed by atoms with Crippen LogP contribution in [0, 0.1) is 11.6 Å². The zero-order chi connectivity index (χ0) is 23.5. The number of benzene rings is 2. The number of aromatic nitrogens is 2. The Bertz CT molecular complexity index is 1290. The van der Waals surface area contributed by atoms with E-state index >= 15 is 0 Å². The number of nitrogens with zero attached hydrogens (tertiary/aromatic N) is 3. The first-order valence-electron chi connectivity index (χ1n) is 11.2. The van der Waals surface area contributed by atoms with Gasteiger partial charge in [0.15, 0.2) is 0 Å². The lowest BCUT2D eigenvalue weighted by atomic mass is 10.1. The third-order valence-electron chi connectivity index (χ3n) is 6.01. The normalized spacial score (nSPS) is 15.6. The molecule has 1 amide bonds. The van der Waals surface area contributed by atoms with E-state index < -0.39 is 0 Å². The van der Waals surface area contributed by atoms with E-state index in [1.807, 2.05) is 12.1 Å². The van der Waals surface area contributed by atoms with Crippen LogP contribution in [0.25, 0.3) is 0 Å². The molecule has 1 saturated heterocycles. The number of hydrogen-bond donors (Lipinski definition) is 0. The molecule has 0 spiro atoms. The number of pyridine rings is 1. The summed E-state index contributed by atoms with van der Waals surface area (Å²) in [5.41, 5.74) is 3.05. The second kappa shape index (κ2) is 9.55. The van der Waals surface area contributed by atoms with Gasteiger partial charge in [-0.15, -0.1) is 0 Å². The zero-order valence-corrected chi connectivity index (χ0v) is 18.5. The van der Waals surface area contributed by atoms with Gasteiger partial charge in [0, 0.05) is 31.3 Å². The summed E-state index contributed by atoms with van der Waals surface area (Å²) in [5.74, 6) is 0.449. The van der Waals surface area contributed by atoms with Crippen LogP contribution in [0.4, 0.5) is 8.78 Å². The molecule has 0 aliphatic carbocycles. The average Bonchev–Trinajstić information content (AvgIpc) is 3.50. The predicted octanol–water partition coefficient (Wildman–Crippen LogP) is 5.51.